The van der Waals surface area contributed by atoms with Crippen LogP contribution in [0.1, 0.15) is 5.69 Å². The quantitative estimate of drug-likeness (QED) is 0.371. The minimum absolute atomic E-state index is 0.267. The van der Waals surface area contributed by atoms with Crippen LogP contribution >= 0.6 is 34.4 Å². The highest BCUT2D eigenvalue weighted by Crippen LogP contribution is 2.32. The van der Waals surface area contributed by atoms with E-state index in [-0.39, 0.29) is 5.82 Å². The van der Waals surface area contributed by atoms with Gasteiger partial charge in [-0.05, 0) is 48.5 Å². The monoisotopic (exact) mass is 430 g/mol. The molecular formula is C19H15FN4OS3. The summed E-state index contributed by atoms with van der Waals surface area (Å²) in [6.45, 7) is 0. The number of nitrogens with one attached hydrogen (secondary N) is 1. The molecule has 0 spiro atoms. The number of benzene rings is 2. The third-order valence-corrected chi connectivity index (χ3v) is 6.68. The van der Waals surface area contributed by atoms with Crippen molar-refractivity contribution in [3.63, 3.8) is 0 Å². The maximum atomic E-state index is 13.0. The second-order valence-electron chi connectivity index (χ2n) is 5.67. The number of methoxy groups -OCH3 is 1. The molecule has 2 aromatic carbocycles. The van der Waals surface area contributed by atoms with Gasteiger partial charge >= 0.3 is 0 Å². The second-order valence-corrected chi connectivity index (χ2v) is 8.72. The number of anilines is 2. The van der Waals surface area contributed by atoms with Crippen LogP contribution in [0.15, 0.2) is 58.3 Å². The van der Waals surface area contributed by atoms with E-state index in [9.17, 15) is 4.39 Å². The van der Waals surface area contributed by atoms with Gasteiger partial charge in [0, 0.05) is 22.4 Å². The highest BCUT2D eigenvalue weighted by Gasteiger charge is 2.09. The van der Waals surface area contributed by atoms with Crippen molar-refractivity contribution in [2.75, 3.05) is 12.4 Å². The van der Waals surface area contributed by atoms with E-state index in [0.717, 1.165) is 37.8 Å². The van der Waals surface area contributed by atoms with Gasteiger partial charge in [0.2, 0.25) is 5.13 Å². The van der Waals surface area contributed by atoms with Crippen molar-refractivity contribution >= 4 is 45.3 Å². The minimum atomic E-state index is -0.267. The summed E-state index contributed by atoms with van der Waals surface area (Å²) in [5, 5.41) is 15.2. The second kappa shape index (κ2) is 8.68. The molecule has 4 aromatic rings. The smallest absolute Gasteiger partial charge is 0.210 e. The number of hydrogen-bond donors (Lipinski definition) is 1. The van der Waals surface area contributed by atoms with E-state index >= 15 is 0 Å². The average Bonchev–Trinajstić information content (AvgIpc) is 3.38. The Hall–Kier alpha value is -2.49. The van der Waals surface area contributed by atoms with Crippen LogP contribution in [0.2, 0.25) is 0 Å². The average molecular weight is 431 g/mol. The molecule has 0 radical (unpaired) electrons. The fraction of sp³-hybridized carbons (Fsp3) is 0.105. The first-order chi connectivity index (χ1) is 13.7. The molecule has 0 unspecified atom stereocenters. The lowest BCUT2D eigenvalue weighted by Gasteiger charge is -2.00. The van der Waals surface area contributed by atoms with Crippen molar-refractivity contribution in [2.24, 2.45) is 0 Å². The summed E-state index contributed by atoms with van der Waals surface area (Å²) in [5.41, 5.74) is 2.85. The molecule has 0 saturated carbocycles. The molecule has 0 amide bonds. The third-order valence-electron chi connectivity index (χ3n) is 3.73. The highest BCUT2D eigenvalue weighted by atomic mass is 32.2. The third kappa shape index (κ3) is 4.67. The fourth-order valence-corrected chi connectivity index (χ4v) is 4.95. The first kappa shape index (κ1) is 18.9. The molecule has 0 saturated heterocycles. The van der Waals surface area contributed by atoms with Gasteiger partial charge in [0.05, 0.1) is 12.8 Å². The summed E-state index contributed by atoms with van der Waals surface area (Å²) in [5.74, 6) is 1.28. The molecule has 142 valence electrons. The molecule has 0 fully saturated rings. The number of halogens is 1. The number of aromatic nitrogens is 3. The number of ether oxygens (including phenoxy) is 1. The van der Waals surface area contributed by atoms with Gasteiger partial charge in [-0.25, -0.2) is 9.37 Å². The van der Waals surface area contributed by atoms with Crippen molar-refractivity contribution in [3.05, 3.63) is 65.4 Å². The van der Waals surface area contributed by atoms with E-state index < -0.39 is 0 Å². The Kier molecular flexibility index (Phi) is 5.84. The number of rotatable bonds is 7. The lowest BCUT2D eigenvalue weighted by Crippen LogP contribution is -1.89. The normalized spacial score (nSPS) is 10.8. The zero-order chi connectivity index (χ0) is 19.3. The summed E-state index contributed by atoms with van der Waals surface area (Å²) in [7, 11) is 1.65. The maximum absolute atomic E-state index is 13.0. The van der Waals surface area contributed by atoms with Crippen LogP contribution in [0.4, 0.5) is 15.2 Å². The molecule has 9 heteroatoms. The molecule has 5 nitrogen and oxygen atoms in total. The predicted octanol–water partition coefficient (Wildman–Crippen LogP) is 5.85. The van der Waals surface area contributed by atoms with Crippen molar-refractivity contribution in [3.8, 4) is 16.3 Å². The summed E-state index contributed by atoms with van der Waals surface area (Å²) in [6.07, 6.45) is 0. The van der Waals surface area contributed by atoms with Gasteiger partial charge in [-0.15, -0.1) is 21.5 Å². The van der Waals surface area contributed by atoms with Crippen molar-refractivity contribution in [1.82, 2.24) is 15.2 Å². The summed E-state index contributed by atoms with van der Waals surface area (Å²) < 4.78 is 19.0. The molecule has 0 aliphatic carbocycles. The van der Waals surface area contributed by atoms with Gasteiger partial charge in [0.15, 0.2) is 4.34 Å². The van der Waals surface area contributed by atoms with Crippen LogP contribution in [0, 0.1) is 5.82 Å². The first-order valence-electron chi connectivity index (χ1n) is 8.27. The van der Waals surface area contributed by atoms with Crippen LogP contribution in [0.25, 0.3) is 10.6 Å². The number of thiazole rings is 1. The van der Waals surface area contributed by atoms with Crippen LogP contribution < -0.4 is 10.1 Å². The van der Waals surface area contributed by atoms with E-state index in [1.807, 2.05) is 24.3 Å². The van der Waals surface area contributed by atoms with Crippen LogP contribution in [0.5, 0.6) is 5.75 Å². The van der Waals surface area contributed by atoms with Crippen molar-refractivity contribution in [2.45, 2.75) is 10.1 Å². The van der Waals surface area contributed by atoms with E-state index in [2.05, 4.69) is 20.9 Å². The van der Waals surface area contributed by atoms with E-state index in [1.54, 1.807) is 42.3 Å². The molecule has 28 heavy (non-hydrogen) atoms. The van der Waals surface area contributed by atoms with Gasteiger partial charge in [-0.1, -0.05) is 23.1 Å². The maximum Gasteiger partial charge on any atom is 0.210 e. The Morgan fingerprint density at radius 2 is 1.86 bits per heavy atom. The van der Waals surface area contributed by atoms with E-state index in [4.69, 9.17) is 9.72 Å². The van der Waals surface area contributed by atoms with Crippen LogP contribution in [-0.4, -0.2) is 22.3 Å². The van der Waals surface area contributed by atoms with Gasteiger partial charge in [-0.3, -0.25) is 0 Å². The molecule has 2 heterocycles. The van der Waals surface area contributed by atoms with Gasteiger partial charge < -0.3 is 10.1 Å². The Morgan fingerprint density at radius 1 is 1.07 bits per heavy atom. The highest BCUT2D eigenvalue weighted by molar-refractivity contribution is 8.00. The Bertz CT molecular complexity index is 1050. The molecule has 0 bridgehead atoms. The zero-order valence-electron chi connectivity index (χ0n) is 14.8. The summed E-state index contributed by atoms with van der Waals surface area (Å²) in [6, 6.07) is 14.0. The Balaban J connectivity index is 1.35. The van der Waals surface area contributed by atoms with Crippen molar-refractivity contribution in [1.29, 1.82) is 0 Å². The first-order valence-corrected chi connectivity index (χ1v) is 11.0. The summed E-state index contributed by atoms with van der Waals surface area (Å²) >= 11 is 4.67. The van der Waals surface area contributed by atoms with E-state index in [0.29, 0.717) is 5.13 Å². The largest absolute Gasteiger partial charge is 0.497 e. The predicted molar refractivity (Wildman–Crippen MR) is 113 cm³/mol. The molecule has 2 aromatic heterocycles. The summed E-state index contributed by atoms with van der Waals surface area (Å²) in [4.78, 5) is 4.70. The Morgan fingerprint density at radius 3 is 2.61 bits per heavy atom. The lowest BCUT2D eigenvalue weighted by molar-refractivity contribution is 0.415. The number of nitrogens with zero attached hydrogens (tertiary/aromatic N) is 3. The molecule has 4 rings (SSSR count). The number of hydrogen-bond acceptors (Lipinski definition) is 8. The Labute approximate surface area is 173 Å². The SMILES string of the molecule is COc1ccc(-c2nc(CSc3nnc(Nc4ccc(F)cc4)s3)cs2)cc1. The molecule has 0 atom stereocenters. The zero-order valence-corrected chi connectivity index (χ0v) is 17.2. The fourth-order valence-electron chi connectivity index (χ4n) is 2.35. The van der Waals surface area contributed by atoms with Crippen LogP contribution in [0.3, 0.4) is 0 Å². The standard InChI is InChI=1S/C19H15FN4OS3/c1-25-16-8-2-12(3-9-16)17-21-15(10-26-17)11-27-19-24-23-18(28-19)22-14-6-4-13(20)5-7-14/h2-10H,11H2,1H3,(H,22,23). The topological polar surface area (TPSA) is 59.9 Å². The molecule has 0 aliphatic rings. The number of thioether (sulfide) groups is 1. The van der Waals surface area contributed by atoms with Gasteiger partial charge in [0.25, 0.3) is 0 Å². The van der Waals surface area contributed by atoms with Crippen molar-refractivity contribution < 1.29 is 9.13 Å². The lowest BCUT2D eigenvalue weighted by atomic mass is 10.2. The molecule has 0 aliphatic heterocycles. The van der Waals surface area contributed by atoms with Gasteiger partial charge in [-0.2, -0.15) is 0 Å². The molecular weight excluding hydrogens is 415 g/mol. The van der Waals surface area contributed by atoms with E-state index in [1.165, 1.54) is 23.5 Å². The molecule has 1 N–H and O–H groups in total. The minimum Gasteiger partial charge on any atom is -0.497 e. The van der Waals surface area contributed by atoms with Crippen LogP contribution in [-0.2, 0) is 5.75 Å². The van der Waals surface area contributed by atoms with Gasteiger partial charge in [0.1, 0.15) is 16.6 Å².